The molecule has 3 atom stereocenters. The third-order valence-electron chi connectivity index (χ3n) is 4.44. The van der Waals surface area contributed by atoms with Crippen molar-refractivity contribution < 1.29 is 30.0 Å². The van der Waals surface area contributed by atoms with Crippen molar-refractivity contribution in [1.82, 2.24) is 4.90 Å². The Morgan fingerprint density at radius 3 is 2.39 bits per heavy atom. The van der Waals surface area contributed by atoms with Crippen molar-refractivity contribution in [1.29, 1.82) is 0 Å². The average molecular weight is 501 g/mol. The van der Waals surface area contributed by atoms with E-state index in [4.69, 9.17) is 10.4 Å². The smallest absolute Gasteiger partial charge is 0.155 e. The van der Waals surface area contributed by atoms with Gasteiger partial charge in [-0.25, -0.2) is 0 Å². The van der Waals surface area contributed by atoms with Crippen molar-refractivity contribution in [2.45, 2.75) is 64.5 Å². The number of allylic oxidation sites excluding steroid dienone is 2. The first-order chi connectivity index (χ1) is 10.4. The first-order valence-electron chi connectivity index (χ1n) is 8.44. The summed E-state index contributed by atoms with van der Waals surface area (Å²) in [6, 6.07) is 1.40. The van der Waals surface area contributed by atoms with Crippen LogP contribution in [0.25, 0.3) is 5.32 Å². The minimum Gasteiger partial charge on any atom is -0.661 e. The van der Waals surface area contributed by atoms with Gasteiger partial charge in [-0.1, -0.05) is 32.1 Å². The molecule has 2 aliphatic rings. The number of carbonyl (C=O) groups excluding carboxylic acids is 1. The van der Waals surface area contributed by atoms with Gasteiger partial charge in [0.15, 0.2) is 5.78 Å². The Hall–Kier alpha value is -0.221. The predicted molar refractivity (Wildman–Crippen MR) is 92.0 cm³/mol. The normalized spacial score (nSPS) is 28.4. The van der Waals surface area contributed by atoms with E-state index in [1.165, 1.54) is 58.4 Å². The van der Waals surface area contributed by atoms with Crippen molar-refractivity contribution in [3.05, 3.63) is 23.6 Å². The second-order valence-electron chi connectivity index (χ2n) is 6.70. The molecule has 0 aromatic carbocycles. The number of hydrogen-bond donors (Lipinski definition) is 1. The SMILES string of the molecule is CC(=O)/C=C(/C)O.CN(C)C1CC[N-]C(C2[CH-]CCCC2)C1.[Ir]. The third kappa shape index (κ3) is 9.61. The molecule has 1 heterocycles. The Morgan fingerprint density at radius 1 is 1.26 bits per heavy atom. The Balaban J connectivity index is 0.000000522. The zero-order valence-corrected chi connectivity index (χ0v) is 17.3. The zero-order chi connectivity index (χ0) is 16.5. The second-order valence-corrected chi connectivity index (χ2v) is 6.70. The summed E-state index contributed by atoms with van der Waals surface area (Å²) in [5, 5.41) is 13.2. The maximum atomic E-state index is 10.0. The van der Waals surface area contributed by atoms with E-state index < -0.39 is 0 Å². The molecule has 1 saturated heterocycles. The molecule has 0 bridgehead atoms. The molecule has 23 heavy (non-hydrogen) atoms. The minimum atomic E-state index is -0.125. The zero-order valence-electron chi connectivity index (χ0n) is 14.9. The van der Waals surface area contributed by atoms with Crippen LogP contribution in [0.4, 0.5) is 0 Å². The molecule has 2 rings (SSSR count). The van der Waals surface area contributed by atoms with Gasteiger partial charge < -0.3 is 21.7 Å². The molecule has 1 radical (unpaired) electrons. The van der Waals surface area contributed by atoms with Gasteiger partial charge in [0.05, 0.1) is 5.76 Å². The van der Waals surface area contributed by atoms with Gasteiger partial charge in [0, 0.05) is 32.2 Å². The molecule has 2 fully saturated rings. The molecular weight excluding hydrogens is 468 g/mol. The quantitative estimate of drug-likeness (QED) is 0.364. The van der Waals surface area contributed by atoms with Crippen LogP contribution in [0.15, 0.2) is 11.8 Å². The first-order valence-corrected chi connectivity index (χ1v) is 8.44. The molecule has 137 valence electrons. The van der Waals surface area contributed by atoms with Gasteiger partial charge in [0.2, 0.25) is 0 Å². The van der Waals surface area contributed by atoms with Gasteiger partial charge in [0.1, 0.15) is 0 Å². The van der Waals surface area contributed by atoms with Crippen LogP contribution in [0.1, 0.15) is 52.4 Å². The summed E-state index contributed by atoms with van der Waals surface area (Å²) in [4.78, 5) is 12.4. The summed E-state index contributed by atoms with van der Waals surface area (Å²) < 4.78 is 0. The first kappa shape index (κ1) is 22.8. The minimum absolute atomic E-state index is 0. The van der Waals surface area contributed by atoms with E-state index in [9.17, 15) is 4.79 Å². The topological polar surface area (TPSA) is 54.6 Å². The maximum Gasteiger partial charge on any atom is 0.155 e. The van der Waals surface area contributed by atoms with Crippen LogP contribution in [0.5, 0.6) is 0 Å². The molecule has 0 spiro atoms. The number of hydrogen-bond acceptors (Lipinski definition) is 3. The van der Waals surface area contributed by atoms with Gasteiger partial charge in [-0.2, -0.15) is 18.4 Å². The van der Waals surface area contributed by atoms with Crippen LogP contribution < -0.4 is 0 Å². The summed E-state index contributed by atoms with van der Waals surface area (Å²) in [6.07, 6.45) is 11.8. The van der Waals surface area contributed by atoms with Crippen LogP contribution >= 0.6 is 0 Å². The maximum absolute atomic E-state index is 10.0. The molecule has 5 heteroatoms. The number of carbonyl (C=O) groups is 1. The van der Waals surface area contributed by atoms with Crippen molar-refractivity contribution in [2.75, 3.05) is 20.6 Å². The van der Waals surface area contributed by atoms with E-state index in [1.54, 1.807) is 0 Å². The fraction of sp³-hybridized carbons (Fsp3) is 0.778. The van der Waals surface area contributed by atoms with Crippen molar-refractivity contribution >= 4 is 5.78 Å². The van der Waals surface area contributed by atoms with Gasteiger partial charge in [-0.15, -0.1) is 6.54 Å². The fourth-order valence-electron chi connectivity index (χ4n) is 3.26. The molecule has 3 unspecified atom stereocenters. The van der Waals surface area contributed by atoms with Gasteiger partial charge in [-0.05, 0) is 27.9 Å². The van der Waals surface area contributed by atoms with Crippen molar-refractivity contribution in [3.63, 3.8) is 0 Å². The van der Waals surface area contributed by atoms with E-state index in [1.807, 2.05) is 0 Å². The molecule has 1 aliphatic heterocycles. The molecule has 0 amide bonds. The van der Waals surface area contributed by atoms with Crippen molar-refractivity contribution in [2.24, 2.45) is 5.92 Å². The predicted octanol–water partition coefficient (Wildman–Crippen LogP) is 3.88. The number of aliphatic hydroxyl groups is 1. The number of ketones is 1. The van der Waals surface area contributed by atoms with Crippen molar-refractivity contribution in [3.8, 4) is 0 Å². The summed E-state index contributed by atoms with van der Waals surface area (Å²) in [6.45, 7) is 3.93. The van der Waals surface area contributed by atoms with Crippen LogP contribution in [-0.4, -0.2) is 48.5 Å². The molecule has 1 aliphatic carbocycles. The number of rotatable bonds is 3. The molecule has 4 nitrogen and oxygen atoms in total. The summed E-state index contributed by atoms with van der Waals surface area (Å²) in [5.41, 5.74) is 0. The van der Waals surface area contributed by atoms with Crippen LogP contribution in [-0.2, 0) is 24.9 Å². The van der Waals surface area contributed by atoms with Crippen LogP contribution in [0, 0.1) is 12.3 Å². The van der Waals surface area contributed by atoms with E-state index in [0.29, 0.717) is 6.04 Å². The van der Waals surface area contributed by atoms with E-state index >= 15 is 0 Å². The van der Waals surface area contributed by atoms with Crippen LogP contribution in [0.2, 0.25) is 0 Å². The van der Waals surface area contributed by atoms with E-state index in [-0.39, 0.29) is 31.6 Å². The molecule has 0 aromatic heterocycles. The molecular formula is C18H32IrN2O2-2. The molecule has 1 N–H and O–H groups in total. The Bertz CT molecular complexity index is 362. The average Bonchev–Trinajstić information content (AvgIpc) is 2.47. The Morgan fingerprint density at radius 2 is 1.96 bits per heavy atom. The summed E-state index contributed by atoms with van der Waals surface area (Å²) in [5.74, 6) is 0.731. The van der Waals surface area contributed by atoms with E-state index in [2.05, 4.69) is 25.4 Å². The van der Waals surface area contributed by atoms with Gasteiger partial charge in [0.25, 0.3) is 0 Å². The van der Waals surface area contributed by atoms with Gasteiger partial charge in [-0.3, -0.25) is 4.79 Å². The molecule has 0 aromatic rings. The summed E-state index contributed by atoms with van der Waals surface area (Å²) in [7, 11) is 4.41. The summed E-state index contributed by atoms with van der Waals surface area (Å²) >= 11 is 0. The fourth-order valence-corrected chi connectivity index (χ4v) is 3.26. The second kappa shape index (κ2) is 12.2. The Labute approximate surface area is 155 Å². The molecule has 1 saturated carbocycles. The van der Waals surface area contributed by atoms with Crippen LogP contribution in [0.3, 0.4) is 0 Å². The van der Waals surface area contributed by atoms with E-state index in [0.717, 1.165) is 18.5 Å². The third-order valence-corrected chi connectivity index (χ3v) is 4.44. The standard InChI is InChI=1S/C13H24N2.C5H8O2.Ir/c1-15(2)12-8-9-14-13(10-12)11-6-4-3-5-7-11;1-4(6)3-5(2)7;/h6,11-13H,3-5,7-10H2,1-2H3;3,6H,1-2H3;/q-2;;/b;4-3-;. The number of nitrogens with zero attached hydrogens (tertiary/aromatic N) is 2. The number of piperidine rings is 1. The van der Waals surface area contributed by atoms with Gasteiger partial charge >= 0.3 is 0 Å². The monoisotopic (exact) mass is 501 g/mol. The largest absolute Gasteiger partial charge is 0.661 e. The number of aliphatic hydroxyl groups excluding tert-OH is 1. The Kier molecular flexibility index (Phi) is 12.1.